The monoisotopic (exact) mass is 336 g/mol. The first-order valence-corrected chi connectivity index (χ1v) is 6.89. The van der Waals surface area contributed by atoms with Crippen LogP contribution in [-0.4, -0.2) is 43.6 Å². The normalized spacial score (nSPS) is 10.7. The van der Waals surface area contributed by atoms with E-state index in [-0.39, 0.29) is 40.7 Å². The molecule has 0 bridgehead atoms. The van der Waals surface area contributed by atoms with Crippen molar-refractivity contribution in [2.24, 2.45) is 7.05 Å². The molecule has 1 N–H and O–H groups in total. The summed E-state index contributed by atoms with van der Waals surface area (Å²) < 4.78 is 6.47. The van der Waals surface area contributed by atoms with Gasteiger partial charge in [-0.2, -0.15) is 5.10 Å². The molecule has 0 saturated carbocycles. The molecular weight excluding hydrogens is 320 g/mol. The fraction of sp³-hybridized carbons (Fsp3) is 0.357. The van der Waals surface area contributed by atoms with Crippen molar-refractivity contribution >= 4 is 17.6 Å². The van der Waals surface area contributed by atoms with Crippen LogP contribution in [0.2, 0.25) is 0 Å². The summed E-state index contributed by atoms with van der Waals surface area (Å²) in [4.78, 5) is 35.3. The van der Waals surface area contributed by atoms with E-state index in [1.165, 1.54) is 38.9 Å². The molecule has 10 heteroatoms. The molecule has 10 nitrogen and oxygen atoms in total. The van der Waals surface area contributed by atoms with E-state index in [4.69, 9.17) is 9.52 Å². The summed E-state index contributed by atoms with van der Waals surface area (Å²) in [6.07, 6.45) is 0. The standard InChI is InChI=1S/C14H16N4O6/c1-7-11(18(22)23)12(17(4)15-7)13(19)16(3)6-9-5-10(14(20)21)8(2)24-9/h5H,6H2,1-4H3,(H,20,21). The van der Waals surface area contributed by atoms with E-state index >= 15 is 0 Å². The summed E-state index contributed by atoms with van der Waals surface area (Å²) >= 11 is 0. The van der Waals surface area contributed by atoms with Crippen LogP contribution < -0.4 is 0 Å². The number of nitrogens with zero attached hydrogens (tertiary/aromatic N) is 4. The average Bonchev–Trinajstić information content (AvgIpc) is 2.97. The third kappa shape index (κ3) is 2.98. The summed E-state index contributed by atoms with van der Waals surface area (Å²) in [5.41, 5.74) is -0.354. The minimum absolute atomic E-state index is 0.00760. The maximum Gasteiger partial charge on any atom is 0.339 e. The van der Waals surface area contributed by atoms with Crippen molar-refractivity contribution in [1.29, 1.82) is 0 Å². The van der Waals surface area contributed by atoms with Gasteiger partial charge < -0.3 is 14.4 Å². The largest absolute Gasteiger partial charge is 0.478 e. The highest BCUT2D eigenvalue weighted by atomic mass is 16.6. The maximum atomic E-state index is 12.5. The molecule has 128 valence electrons. The second-order valence-electron chi connectivity index (χ2n) is 5.31. The predicted molar refractivity (Wildman–Crippen MR) is 80.8 cm³/mol. The molecule has 0 aliphatic heterocycles. The Morgan fingerprint density at radius 3 is 2.58 bits per heavy atom. The van der Waals surface area contributed by atoms with Crippen molar-refractivity contribution in [2.45, 2.75) is 20.4 Å². The summed E-state index contributed by atoms with van der Waals surface area (Å²) in [5, 5.41) is 24.1. The summed E-state index contributed by atoms with van der Waals surface area (Å²) in [6, 6.07) is 1.32. The van der Waals surface area contributed by atoms with E-state index in [1.807, 2.05) is 0 Å². The molecule has 0 aromatic carbocycles. The zero-order valence-electron chi connectivity index (χ0n) is 13.6. The van der Waals surface area contributed by atoms with Crippen molar-refractivity contribution in [2.75, 3.05) is 7.05 Å². The van der Waals surface area contributed by atoms with Crippen molar-refractivity contribution < 1.29 is 24.0 Å². The van der Waals surface area contributed by atoms with E-state index < -0.39 is 16.8 Å². The van der Waals surface area contributed by atoms with E-state index in [0.717, 1.165) is 4.68 Å². The first kappa shape index (κ1) is 17.2. The zero-order chi connectivity index (χ0) is 18.2. The van der Waals surface area contributed by atoms with Gasteiger partial charge in [-0.3, -0.25) is 19.6 Å². The molecule has 1 amide bonds. The second-order valence-corrected chi connectivity index (χ2v) is 5.31. The molecule has 2 aromatic rings. The minimum atomic E-state index is -1.13. The van der Waals surface area contributed by atoms with Crippen molar-refractivity contribution in [3.05, 3.63) is 44.7 Å². The molecule has 0 aliphatic carbocycles. The summed E-state index contributed by atoms with van der Waals surface area (Å²) in [5.74, 6) is -1.26. The Morgan fingerprint density at radius 1 is 1.46 bits per heavy atom. The lowest BCUT2D eigenvalue weighted by atomic mass is 10.2. The molecule has 2 heterocycles. The Bertz CT molecular complexity index is 835. The van der Waals surface area contributed by atoms with Gasteiger partial charge in [0.1, 0.15) is 22.8 Å². The minimum Gasteiger partial charge on any atom is -0.478 e. The van der Waals surface area contributed by atoms with Crippen LogP contribution in [0.25, 0.3) is 0 Å². The maximum absolute atomic E-state index is 12.5. The van der Waals surface area contributed by atoms with Crippen LogP contribution in [-0.2, 0) is 13.6 Å². The van der Waals surface area contributed by atoms with Crippen LogP contribution in [0.1, 0.15) is 38.1 Å². The number of carbonyl (C=O) groups is 2. The van der Waals surface area contributed by atoms with Gasteiger partial charge in [0.25, 0.3) is 5.91 Å². The van der Waals surface area contributed by atoms with Crippen molar-refractivity contribution in [1.82, 2.24) is 14.7 Å². The quantitative estimate of drug-likeness (QED) is 0.646. The van der Waals surface area contributed by atoms with E-state index in [9.17, 15) is 19.7 Å². The Hall–Kier alpha value is -3.17. The third-order valence-corrected chi connectivity index (χ3v) is 3.51. The molecule has 0 fully saturated rings. The number of carboxylic acid groups (broad SMARTS) is 1. The lowest BCUT2D eigenvalue weighted by Gasteiger charge is -2.15. The molecule has 24 heavy (non-hydrogen) atoms. The molecular formula is C14H16N4O6. The van der Waals surface area contributed by atoms with Gasteiger partial charge in [0.15, 0.2) is 0 Å². The average molecular weight is 336 g/mol. The number of carboxylic acids is 1. The van der Waals surface area contributed by atoms with Crippen LogP contribution in [0.3, 0.4) is 0 Å². The first-order chi connectivity index (χ1) is 11.1. The van der Waals surface area contributed by atoms with Gasteiger partial charge in [0.05, 0.1) is 11.5 Å². The molecule has 0 atom stereocenters. The van der Waals surface area contributed by atoms with Gasteiger partial charge >= 0.3 is 11.7 Å². The summed E-state index contributed by atoms with van der Waals surface area (Å²) in [6.45, 7) is 2.92. The Labute approximate surface area is 136 Å². The highest BCUT2D eigenvalue weighted by Crippen LogP contribution is 2.24. The van der Waals surface area contributed by atoms with Crippen molar-refractivity contribution in [3.63, 3.8) is 0 Å². The lowest BCUT2D eigenvalue weighted by molar-refractivity contribution is -0.385. The number of amides is 1. The van der Waals surface area contributed by atoms with Gasteiger partial charge in [-0.25, -0.2) is 4.79 Å². The molecule has 0 spiro atoms. The molecule has 2 rings (SSSR count). The van der Waals surface area contributed by atoms with Gasteiger partial charge in [-0.1, -0.05) is 0 Å². The van der Waals surface area contributed by atoms with Gasteiger partial charge in [0, 0.05) is 14.1 Å². The number of furan rings is 1. The zero-order valence-corrected chi connectivity index (χ0v) is 13.6. The first-order valence-electron chi connectivity index (χ1n) is 6.89. The van der Waals surface area contributed by atoms with E-state index in [2.05, 4.69) is 5.10 Å². The van der Waals surface area contributed by atoms with Gasteiger partial charge in [-0.05, 0) is 19.9 Å². The van der Waals surface area contributed by atoms with Crippen LogP contribution in [0, 0.1) is 24.0 Å². The Balaban J connectivity index is 2.30. The van der Waals surface area contributed by atoms with E-state index in [0.29, 0.717) is 0 Å². The summed E-state index contributed by atoms with van der Waals surface area (Å²) in [7, 11) is 2.88. The topological polar surface area (TPSA) is 132 Å². The number of rotatable bonds is 5. The number of aromatic carboxylic acids is 1. The number of carbonyl (C=O) groups excluding carboxylic acids is 1. The highest BCUT2D eigenvalue weighted by Gasteiger charge is 2.31. The number of aryl methyl sites for hydroxylation is 3. The van der Waals surface area contributed by atoms with Crippen LogP contribution in [0.5, 0.6) is 0 Å². The Morgan fingerprint density at radius 2 is 2.08 bits per heavy atom. The fourth-order valence-electron chi connectivity index (χ4n) is 2.43. The number of aromatic nitrogens is 2. The van der Waals surface area contributed by atoms with Gasteiger partial charge in [-0.15, -0.1) is 0 Å². The highest BCUT2D eigenvalue weighted by molar-refractivity contribution is 5.96. The van der Waals surface area contributed by atoms with E-state index in [1.54, 1.807) is 0 Å². The molecule has 2 aromatic heterocycles. The Kier molecular flexibility index (Phi) is 4.40. The van der Waals surface area contributed by atoms with Crippen LogP contribution in [0.4, 0.5) is 5.69 Å². The number of hydrogen-bond donors (Lipinski definition) is 1. The molecule has 0 saturated heterocycles. The molecule has 0 aliphatic rings. The molecule has 0 radical (unpaired) electrons. The molecule has 0 unspecified atom stereocenters. The van der Waals surface area contributed by atoms with Crippen LogP contribution >= 0.6 is 0 Å². The van der Waals surface area contributed by atoms with Gasteiger partial charge in [0.2, 0.25) is 5.69 Å². The van der Waals surface area contributed by atoms with Crippen LogP contribution in [0.15, 0.2) is 10.5 Å². The number of nitro groups is 1. The smallest absolute Gasteiger partial charge is 0.339 e. The lowest BCUT2D eigenvalue weighted by Crippen LogP contribution is -2.28. The SMILES string of the molecule is Cc1nn(C)c(C(=O)N(C)Cc2cc(C(=O)O)c(C)o2)c1[N+](=O)[O-]. The second kappa shape index (κ2) is 6.14. The van der Waals surface area contributed by atoms with Crippen molar-refractivity contribution in [3.8, 4) is 0 Å². The fourth-order valence-corrected chi connectivity index (χ4v) is 2.43. The number of hydrogen-bond acceptors (Lipinski definition) is 6. The predicted octanol–water partition coefficient (Wildman–Crippen LogP) is 1.51. The third-order valence-electron chi connectivity index (χ3n) is 3.51.